The third-order valence-electron chi connectivity index (χ3n) is 2.47. The van der Waals surface area contributed by atoms with E-state index in [2.05, 4.69) is 28.8 Å². The summed E-state index contributed by atoms with van der Waals surface area (Å²) in [5.74, 6) is -1.19. The molecule has 0 fully saturated rings. The quantitative estimate of drug-likeness (QED) is 0.459. The molecule has 6 heteroatoms. The molecule has 6 nitrogen and oxygen atoms in total. The summed E-state index contributed by atoms with van der Waals surface area (Å²) < 4.78 is 4.66. The lowest BCUT2D eigenvalue weighted by molar-refractivity contribution is -0.147. The number of amides is 1. The van der Waals surface area contributed by atoms with Crippen LogP contribution in [0.15, 0.2) is 0 Å². The number of nitrogens with two attached hydrogens (primary N) is 1. The van der Waals surface area contributed by atoms with Crippen molar-refractivity contribution < 1.29 is 14.3 Å². The first-order chi connectivity index (χ1) is 7.90. The Morgan fingerprint density at radius 3 is 2.47 bits per heavy atom. The highest BCUT2D eigenvalue weighted by molar-refractivity contribution is 6.01. The second kappa shape index (κ2) is 8.03. The summed E-state index contributed by atoms with van der Waals surface area (Å²) in [4.78, 5) is 24.7. The van der Waals surface area contributed by atoms with Crippen LogP contribution >= 0.6 is 0 Å². The molecule has 0 heterocycles. The SMILES string of the molecule is CCOC(=O)C(N)C(=O)NCCN(C)C(C)C. The molecule has 0 aromatic carbocycles. The number of likely N-dealkylation sites (N-methyl/N-ethyl adjacent to an activating group) is 1. The number of nitrogens with zero attached hydrogens (tertiary/aromatic N) is 1. The van der Waals surface area contributed by atoms with Crippen LogP contribution in [0.5, 0.6) is 0 Å². The van der Waals surface area contributed by atoms with Crippen LogP contribution in [0.3, 0.4) is 0 Å². The zero-order chi connectivity index (χ0) is 13.4. The number of nitrogens with one attached hydrogen (secondary N) is 1. The fraction of sp³-hybridized carbons (Fsp3) is 0.818. The summed E-state index contributed by atoms with van der Waals surface area (Å²) in [6.45, 7) is 7.17. The minimum Gasteiger partial charge on any atom is -0.464 e. The molecule has 17 heavy (non-hydrogen) atoms. The number of carbonyl (C=O) groups excluding carboxylic acids is 2. The number of hydrogen-bond donors (Lipinski definition) is 2. The molecule has 100 valence electrons. The fourth-order valence-corrected chi connectivity index (χ4v) is 1.06. The summed E-state index contributed by atoms with van der Waals surface area (Å²) >= 11 is 0. The molecule has 0 aliphatic rings. The Hall–Kier alpha value is -1.14. The van der Waals surface area contributed by atoms with Crippen molar-refractivity contribution in [2.45, 2.75) is 32.9 Å². The number of ether oxygens (including phenoxy) is 1. The van der Waals surface area contributed by atoms with E-state index in [0.29, 0.717) is 19.1 Å². The van der Waals surface area contributed by atoms with Crippen LogP contribution in [-0.4, -0.2) is 55.6 Å². The third-order valence-corrected chi connectivity index (χ3v) is 2.47. The molecule has 0 aromatic rings. The van der Waals surface area contributed by atoms with Gasteiger partial charge in [-0.05, 0) is 27.8 Å². The van der Waals surface area contributed by atoms with Crippen molar-refractivity contribution in [3.8, 4) is 0 Å². The summed E-state index contributed by atoms with van der Waals surface area (Å²) in [7, 11) is 1.96. The number of rotatable bonds is 7. The Morgan fingerprint density at radius 1 is 1.41 bits per heavy atom. The van der Waals surface area contributed by atoms with Gasteiger partial charge in [0, 0.05) is 19.1 Å². The maximum atomic E-state index is 11.5. The molecular weight excluding hydrogens is 222 g/mol. The molecule has 1 atom stereocenters. The second-order valence-electron chi connectivity index (χ2n) is 4.10. The van der Waals surface area contributed by atoms with Crippen molar-refractivity contribution in [3.63, 3.8) is 0 Å². The number of esters is 1. The Balaban J connectivity index is 3.90. The minimum atomic E-state index is -1.24. The van der Waals surface area contributed by atoms with Crippen molar-refractivity contribution in [2.24, 2.45) is 5.73 Å². The minimum absolute atomic E-state index is 0.218. The van der Waals surface area contributed by atoms with Gasteiger partial charge in [-0.3, -0.25) is 4.79 Å². The maximum absolute atomic E-state index is 11.5. The lowest BCUT2D eigenvalue weighted by Crippen LogP contribution is -2.48. The van der Waals surface area contributed by atoms with Gasteiger partial charge in [-0.25, -0.2) is 4.79 Å². The third kappa shape index (κ3) is 6.23. The largest absolute Gasteiger partial charge is 0.464 e. The Bertz CT molecular complexity index is 256. The topological polar surface area (TPSA) is 84.7 Å². The molecular formula is C11H23N3O3. The highest BCUT2D eigenvalue weighted by Gasteiger charge is 2.22. The first-order valence-electron chi connectivity index (χ1n) is 5.80. The standard InChI is InChI=1S/C11H23N3O3/c1-5-17-11(16)9(12)10(15)13-6-7-14(4)8(2)3/h8-9H,5-7,12H2,1-4H3,(H,13,15). The van der Waals surface area contributed by atoms with Gasteiger partial charge < -0.3 is 20.7 Å². The number of hydrogen-bond acceptors (Lipinski definition) is 5. The van der Waals surface area contributed by atoms with Gasteiger partial charge in [0.05, 0.1) is 6.61 Å². The second-order valence-corrected chi connectivity index (χ2v) is 4.10. The van der Waals surface area contributed by atoms with Crippen molar-refractivity contribution in [2.75, 3.05) is 26.7 Å². The molecule has 0 aliphatic heterocycles. The van der Waals surface area contributed by atoms with E-state index >= 15 is 0 Å². The molecule has 0 saturated carbocycles. The zero-order valence-electron chi connectivity index (χ0n) is 11.0. The summed E-state index contributed by atoms with van der Waals surface area (Å²) in [6, 6.07) is -0.829. The average Bonchev–Trinajstić information content (AvgIpc) is 2.27. The van der Waals surface area contributed by atoms with Crippen molar-refractivity contribution in [1.82, 2.24) is 10.2 Å². The lowest BCUT2D eigenvalue weighted by Gasteiger charge is -2.21. The molecule has 1 unspecified atom stereocenters. The van der Waals surface area contributed by atoms with E-state index in [1.54, 1.807) is 6.92 Å². The van der Waals surface area contributed by atoms with Gasteiger partial charge in [-0.2, -0.15) is 0 Å². The van der Waals surface area contributed by atoms with Crippen molar-refractivity contribution in [3.05, 3.63) is 0 Å². The van der Waals surface area contributed by atoms with Crippen LogP contribution in [0.2, 0.25) is 0 Å². The molecule has 0 bridgehead atoms. The van der Waals surface area contributed by atoms with E-state index in [9.17, 15) is 9.59 Å². The van der Waals surface area contributed by atoms with E-state index in [-0.39, 0.29) is 6.61 Å². The Kier molecular flexibility index (Phi) is 7.49. The zero-order valence-corrected chi connectivity index (χ0v) is 11.0. The number of carbonyl (C=O) groups is 2. The molecule has 0 aliphatic carbocycles. The summed E-state index contributed by atoms with van der Waals surface area (Å²) in [6.07, 6.45) is 0. The van der Waals surface area contributed by atoms with Gasteiger partial charge in [-0.15, -0.1) is 0 Å². The highest BCUT2D eigenvalue weighted by atomic mass is 16.5. The fourth-order valence-electron chi connectivity index (χ4n) is 1.06. The predicted molar refractivity (Wildman–Crippen MR) is 65.4 cm³/mol. The molecule has 0 rings (SSSR count). The van der Waals surface area contributed by atoms with Crippen LogP contribution in [0.25, 0.3) is 0 Å². The lowest BCUT2D eigenvalue weighted by atomic mass is 10.3. The predicted octanol–water partition coefficient (Wildman–Crippen LogP) is -0.667. The molecule has 3 N–H and O–H groups in total. The van der Waals surface area contributed by atoms with E-state index in [1.807, 2.05) is 7.05 Å². The normalized spacial score (nSPS) is 12.6. The van der Waals surface area contributed by atoms with Crippen LogP contribution in [0, 0.1) is 0 Å². The first kappa shape index (κ1) is 15.9. The van der Waals surface area contributed by atoms with E-state index in [1.165, 1.54) is 0 Å². The van der Waals surface area contributed by atoms with E-state index < -0.39 is 17.9 Å². The smallest absolute Gasteiger partial charge is 0.332 e. The monoisotopic (exact) mass is 245 g/mol. The summed E-state index contributed by atoms with van der Waals surface area (Å²) in [5.41, 5.74) is 5.42. The first-order valence-corrected chi connectivity index (χ1v) is 5.80. The van der Waals surface area contributed by atoms with Crippen molar-refractivity contribution >= 4 is 11.9 Å². The van der Waals surface area contributed by atoms with Crippen LogP contribution < -0.4 is 11.1 Å². The van der Waals surface area contributed by atoms with Crippen LogP contribution in [0.1, 0.15) is 20.8 Å². The van der Waals surface area contributed by atoms with Crippen LogP contribution in [0.4, 0.5) is 0 Å². The van der Waals surface area contributed by atoms with E-state index in [0.717, 1.165) is 0 Å². The Morgan fingerprint density at radius 2 is 2.00 bits per heavy atom. The molecule has 0 aromatic heterocycles. The Labute approximate surface area is 102 Å². The van der Waals surface area contributed by atoms with Gasteiger partial charge in [0.2, 0.25) is 5.91 Å². The molecule has 0 radical (unpaired) electrons. The van der Waals surface area contributed by atoms with Gasteiger partial charge in [-0.1, -0.05) is 0 Å². The average molecular weight is 245 g/mol. The maximum Gasteiger partial charge on any atom is 0.332 e. The summed E-state index contributed by atoms with van der Waals surface area (Å²) in [5, 5.41) is 2.60. The van der Waals surface area contributed by atoms with Crippen molar-refractivity contribution in [1.29, 1.82) is 0 Å². The molecule has 1 amide bonds. The van der Waals surface area contributed by atoms with Gasteiger partial charge in [0.15, 0.2) is 6.04 Å². The van der Waals surface area contributed by atoms with Gasteiger partial charge >= 0.3 is 5.97 Å². The van der Waals surface area contributed by atoms with Gasteiger partial charge in [0.1, 0.15) is 0 Å². The molecule has 0 saturated heterocycles. The van der Waals surface area contributed by atoms with Gasteiger partial charge in [0.25, 0.3) is 0 Å². The van der Waals surface area contributed by atoms with E-state index in [4.69, 9.17) is 5.73 Å². The highest BCUT2D eigenvalue weighted by Crippen LogP contribution is 1.91. The molecule has 0 spiro atoms. The van der Waals surface area contributed by atoms with Crippen LogP contribution in [-0.2, 0) is 14.3 Å².